The van der Waals surface area contributed by atoms with Gasteiger partial charge in [0.25, 0.3) is 0 Å². The Bertz CT molecular complexity index is 285. The van der Waals surface area contributed by atoms with Gasteiger partial charge in [-0.3, -0.25) is 0 Å². The molecule has 0 aliphatic heterocycles. The SMILES string of the molecule is C=CC=N/C(C#N)=C(\N)C#N. The highest BCUT2D eigenvalue weighted by Gasteiger charge is 1.96. The first-order chi connectivity index (χ1) is 5.26. The average Bonchev–Trinajstić information content (AvgIpc) is 2.05. The molecule has 0 aliphatic carbocycles. The second kappa shape index (κ2) is 4.78. The molecule has 4 nitrogen and oxygen atoms in total. The summed E-state index contributed by atoms with van der Waals surface area (Å²) in [5.41, 5.74) is 4.84. The first-order valence-electron chi connectivity index (χ1n) is 2.71. The predicted octanol–water partition coefficient (Wildman–Crippen LogP) is 0.461. The standard InChI is InChI=1S/C7H6N4/c1-2-3-11-7(5-9)6(10)4-8/h2-3H,1,10H2/b7-6-,11-3?. The molecule has 0 aromatic heterocycles. The Morgan fingerprint density at radius 1 is 1.45 bits per heavy atom. The molecule has 0 unspecified atom stereocenters. The van der Waals surface area contributed by atoms with E-state index in [2.05, 4.69) is 11.6 Å². The molecule has 0 spiro atoms. The van der Waals surface area contributed by atoms with Crippen LogP contribution in [0.4, 0.5) is 0 Å². The van der Waals surface area contributed by atoms with Gasteiger partial charge in [0, 0.05) is 6.21 Å². The fraction of sp³-hybridized carbons (Fsp3) is 0. The van der Waals surface area contributed by atoms with E-state index in [1.54, 1.807) is 12.1 Å². The number of rotatable bonds is 2. The molecule has 0 aromatic rings. The van der Waals surface area contributed by atoms with E-state index in [1.807, 2.05) is 0 Å². The summed E-state index contributed by atoms with van der Waals surface area (Å²) >= 11 is 0. The lowest BCUT2D eigenvalue weighted by molar-refractivity contribution is 1.27. The Labute approximate surface area is 64.6 Å². The van der Waals surface area contributed by atoms with Gasteiger partial charge in [-0.15, -0.1) is 0 Å². The van der Waals surface area contributed by atoms with Gasteiger partial charge >= 0.3 is 0 Å². The molecule has 0 heterocycles. The molecule has 0 saturated heterocycles. The van der Waals surface area contributed by atoms with Gasteiger partial charge < -0.3 is 5.73 Å². The zero-order valence-electron chi connectivity index (χ0n) is 5.78. The monoisotopic (exact) mass is 146 g/mol. The van der Waals surface area contributed by atoms with Crippen LogP contribution in [0.25, 0.3) is 0 Å². The second-order valence-corrected chi connectivity index (χ2v) is 1.50. The fourth-order valence-electron chi connectivity index (χ4n) is 0.339. The lowest BCUT2D eigenvalue weighted by Crippen LogP contribution is -1.96. The van der Waals surface area contributed by atoms with Crippen LogP contribution in [0, 0.1) is 22.7 Å². The van der Waals surface area contributed by atoms with Crippen LogP contribution in [0.5, 0.6) is 0 Å². The fourth-order valence-corrected chi connectivity index (χ4v) is 0.339. The van der Waals surface area contributed by atoms with Crippen molar-refractivity contribution in [3.05, 3.63) is 24.0 Å². The maximum absolute atomic E-state index is 8.37. The van der Waals surface area contributed by atoms with Gasteiger partial charge in [-0.1, -0.05) is 12.7 Å². The number of allylic oxidation sites excluding steroid dienone is 3. The second-order valence-electron chi connectivity index (χ2n) is 1.50. The van der Waals surface area contributed by atoms with Crippen LogP contribution in [0.1, 0.15) is 0 Å². The number of aliphatic imine (C=N–C) groups is 1. The largest absolute Gasteiger partial charge is 0.388 e. The highest BCUT2D eigenvalue weighted by atomic mass is 14.8. The van der Waals surface area contributed by atoms with Crippen molar-refractivity contribution >= 4 is 6.21 Å². The summed E-state index contributed by atoms with van der Waals surface area (Å²) in [7, 11) is 0. The lowest BCUT2D eigenvalue weighted by Gasteiger charge is -1.86. The molecular formula is C7H6N4. The topological polar surface area (TPSA) is 86.0 Å². The van der Waals surface area contributed by atoms with E-state index < -0.39 is 0 Å². The summed E-state index contributed by atoms with van der Waals surface area (Å²) in [6.07, 6.45) is 2.69. The molecule has 4 heteroatoms. The van der Waals surface area contributed by atoms with Crippen molar-refractivity contribution in [3.63, 3.8) is 0 Å². The molecular weight excluding hydrogens is 140 g/mol. The van der Waals surface area contributed by atoms with Crippen molar-refractivity contribution < 1.29 is 0 Å². The zero-order chi connectivity index (χ0) is 8.69. The molecule has 0 bridgehead atoms. The van der Waals surface area contributed by atoms with Gasteiger partial charge in [0.15, 0.2) is 5.70 Å². The van der Waals surface area contributed by atoms with E-state index in [0.29, 0.717) is 0 Å². The molecule has 0 saturated carbocycles. The van der Waals surface area contributed by atoms with E-state index in [1.165, 1.54) is 12.3 Å². The van der Waals surface area contributed by atoms with E-state index in [-0.39, 0.29) is 11.4 Å². The summed E-state index contributed by atoms with van der Waals surface area (Å²) in [5.74, 6) is 0. The van der Waals surface area contributed by atoms with Crippen molar-refractivity contribution in [2.75, 3.05) is 0 Å². The third-order valence-electron chi connectivity index (χ3n) is 0.791. The quantitative estimate of drug-likeness (QED) is 0.453. The van der Waals surface area contributed by atoms with E-state index in [4.69, 9.17) is 16.3 Å². The maximum atomic E-state index is 8.37. The molecule has 54 valence electrons. The van der Waals surface area contributed by atoms with Crippen molar-refractivity contribution in [3.8, 4) is 12.1 Å². The van der Waals surface area contributed by atoms with Crippen LogP contribution in [0.3, 0.4) is 0 Å². The Kier molecular flexibility index (Phi) is 3.88. The smallest absolute Gasteiger partial charge is 0.174 e. The van der Waals surface area contributed by atoms with Gasteiger partial charge in [0.05, 0.1) is 0 Å². The highest BCUT2D eigenvalue weighted by molar-refractivity contribution is 5.72. The molecule has 11 heavy (non-hydrogen) atoms. The summed E-state index contributed by atoms with van der Waals surface area (Å²) in [6, 6.07) is 3.29. The van der Waals surface area contributed by atoms with Crippen LogP contribution in [0.15, 0.2) is 29.0 Å². The maximum Gasteiger partial charge on any atom is 0.174 e. The van der Waals surface area contributed by atoms with Gasteiger partial charge in [-0.2, -0.15) is 10.5 Å². The molecule has 0 aliphatic rings. The molecule has 0 aromatic carbocycles. The lowest BCUT2D eigenvalue weighted by atomic mass is 10.4. The van der Waals surface area contributed by atoms with Gasteiger partial charge in [0.1, 0.15) is 17.8 Å². The summed E-state index contributed by atoms with van der Waals surface area (Å²) in [4.78, 5) is 3.56. The Hall–Kier alpha value is -2.07. The summed E-state index contributed by atoms with van der Waals surface area (Å²) in [6.45, 7) is 3.35. The molecule has 0 amide bonds. The van der Waals surface area contributed by atoms with Crippen molar-refractivity contribution in [2.45, 2.75) is 0 Å². The first-order valence-corrected chi connectivity index (χ1v) is 2.71. The van der Waals surface area contributed by atoms with Gasteiger partial charge in [-0.05, 0) is 0 Å². The van der Waals surface area contributed by atoms with Crippen molar-refractivity contribution in [1.82, 2.24) is 0 Å². The Balaban J connectivity index is 4.74. The van der Waals surface area contributed by atoms with Crippen LogP contribution >= 0.6 is 0 Å². The summed E-state index contributed by atoms with van der Waals surface area (Å²) in [5, 5.41) is 16.6. The van der Waals surface area contributed by atoms with Gasteiger partial charge in [0.2, 0.25) is 0 Å². The van der Waals surface area contributed by atoms with Crippen LogP contribution in [-0.2, 0) is 0 Å². The van der Waals surface area contributed by atoms with Gasteiger partial charge in [-0.25, -0.2) is 4.99 Å². The zero-order valence-corrected chi connectivity index (χ0v) is 5.78. The highest BCUT2D eigenvalue weighted by Crippen LogP contribution is 1.96. The molecule has 0 fully saturated rings. The van der Waals surface area contributed by atoms with E-state index in [0.717, 1.165) is 0 Å². The van der Waals surface area contributed by atoms with E-state index >= 15 is 0 Å². The minimum absolute atomic E-state index is 0.0904. The Morgan fingerprint density at radius 2 is 2.09 bits per heavy atom. The third-order valence-corrected chi connectivity index (χ3v) is 0.791. The molecule has 2 N–H and O–H groups in total. The van der Waals surface area contributed by atoms with Crippen LogP contribution in [-0.4, -0.2) is 6.21 Å². The Morgan fingerprint density at radius 3 is 2.45 bits per heavy atom. The average molecular weight is 146 g/mol. The third kappa shape index (κ3) is 2.83. The number of hydrogen-bond acceptors (Lipinski definition) is 4. The predicted molar refractivity (Wildman–Crippen MR) is 41.1 cm³/mol. The molecule has 0 rings (SSSR count). The number of nitrogens with zero attached hydrogens (tertiary/aromatic N) is 3. The van der Waals surface area contributed by atoms with E-state index in [9.17, 15) is 0 Å². The van der Waals surface area contributed by atoms with Crippen molar-refractivity contribution in [1.29, 1.82) is 10.5 Å². The normalized spacial score (nSPS) is 11.5. The van der Waals surface area contributed by atoms with Crippen LogP contribution < -0.4 is 5.73 Å². The van der Waals surface area contributed by atoms with Crippen molar-refractivity contribution in [2.24, 2.45) is 10.7 Å². The minimum Gasteiger partial charge on any atom is -0.388 e. The first kappa shape index (κ1) is 8.93. The molecule has 0 radical (unpaired) electrons. The van der Waals surface area contributed by atoms with Crippen LogP contribution in [0.2, 0.25) is 0 Å². The number of nitrogens with two attached hydrogens (primary N) is 1. The number of nitriles is 2. The molecule has 0 atom stereocenters. The summed E-state index contributed by atoms with van der Waals surface area (Å²) < 4.78 is 0. The minimum atomic E-state index is -0.189. The number of hydrogen-bond donors (Lipinski definition) is 1.